The van der Waals surface area contributed by atoms with E-state index in [9.17, 15) is 14.4 Å². The van der Waals surface area contributed by atoms with Gasteiger partial charge in [0.2, 0.25) is 11.8 Å². The van der Waals surface area contributed by atoms with Crippen LogP contribution in [-0.4, -0.2) is 59.3 Å². The molecule has 6 rings (SSSR count). The number of aryl methyl sites for hydroxylation is 1. The zero-order chi connectivity index (χ0) is 29.9. The van der Waals surface area contributed by atoms with E-state index in [0.29, 0.717) is 39.3 Å². The number of anilines is 1. The molecular formula is C31H32BrN7O3. The number of likely N-dealkylation sites (tertiary alicyclic amines) is 1. The highest BCUT2D eigenvalue weighted by atomic mass is 79.9. The van der Waals surface area contributed by atoms with Gasteiger partial charge in [-0.15, -0.1) is 0 Å². The van der Waals surface area contributed by atoms with Crippen molar-refractivity contribution in [3.63, 3.8) is 0 Å². The topological polar surface area (TPSA) is 123 Å². The fraction of sp³-hybridized carbons (Fsp3) is 0.387. The van der Waals surface area contributed by atoms with Gasteiger partial charge in [0.25, 0.3) is 0 Å². The van der Waals surface area contributed by atoms with Crippen LogP contribution in [0.25, 0.3) is 22.0 Å². The van der Waals surface area contributed by atoms with Crippen molar-refractivity contribution in [2.24, 2.45) is 5.41 Å². The minimum Gasteiger partial charge on any atom is -0.325 e. The van der Waals surface area contributed by atoms with E-state index in [-0.39, 0.29) is 41.5 Å². The van der Waals surface area contributed by atoms with Gasteiger partial charge in [0.1, 0.15) is 34.5 Å². The molecular weight excluding hydrogens is 598 g/mol. The molecule has 1 saturated carbocycles. The number of ketones is 1. The van der Waals surface area contributed by atoms with E-state index < -0.39 is 6.04 Å². The summed E-state index contributed by atoms with van der Waals surface area (Å²) in [6.45, 7) is 9.41. The number of nitrogens with zero attached hydrogens (tertiary/aromatic N) is 6. The lowest BCUT2D eigenvalue weighted by atomic mass is 10.0. The SMILES string of the molecule is CC(=O)c1nn(CC(=O)N2[C@H](C(=O)Nc3nc(Br)ccc3C(C)C)C[C@@]3(C)C[C@@H]23)c2ccc(-c3cnc(C)nc3)cc12. The molecule has 216 valence electrons. The molecule has 0 unspecified atom stereocenters. The Hall–Kier alpha value is -3.99. The molecule has 0 spiro atoms. The zero-order valence-corrected chi connectivity index (χ0v) is 25.8. The number of rotatable bonds is 7. The van der Waals surface area contributed by atoms with Crippen LogP contribution < -0.4 is 5.32 Å². The molecule has 0 radical (unpaired) electrons. The number of benzene rings is 1. The molecule has 10 nitrogen and oxygen atoms in total. The Labute approximate surface area is 252 Å². The fourth-order valence-electron chi connectivity index (χ4n) is 6.06. The summed E-state index contributed by atoms with van der Waals surface area (Å²) in [5.41, 5.74) is 3.47. The lowest BCUT2D eigenvalue weighted by Gasteiger charge is -2.27. The maximum absolute atomic E-state index is 13.9. The lowest BCUT2D eigenvalue weighted by Crippen LogP contribution is -2.47. The molecule has 1 saturated heterocycles. The average Bonchev–Trinajstić information content (AvgIpc) is 3.30. The number of hydrogen-bond donors (Lipinski definition) is 1. The number of amides is 2. The highest BCUT2D eigenvalue weighted by Gasteiger charge is 2.64. The third-order valence-corrected chi connectivity index (χ3v) is 8.91. The van der Waals surface area contributed by atoms with E-state index in [0.717, 1.165) is 23.1 Å². The van der Waals surface area contributed by atoms with Crippen molar-refractivity contribution in [3.05, 3.63) is 64.4 Å². The molecule has 2 amide bonds. The van der Waals surface area contributed by atoms with Gasteiger partial charge >= 0.3 is 0 Å². The summed E-state index contributed by atoms with van der Waals surface area (Å²) in [5, 5.41) is 8.22. The molecule has 1 N–H and O–H groups in total. The number of piperidine rings is 1. The molecule has 1 aliphatic heterocycles. The number of pyridine rings is 1. The molecule has 2 fully saturated rings. The Morgan fingerprint density at radius 1 is 1.10 bits per heavy atom. The smallest absolute Gasteiger partial charge is 0.248 e. The average molecular weight is 631 g/mol. The molecule has 0 bridgehead atoms. The first-order valence-electron chi connectivity index (χ1n) is 14.0. The Balaban J connectivity index is 1.29. The van der Waals surface area contributed by atoms with E-state index in [4.69, 9.17) is 0 Å². The number of aromatic nitrogens is 5. The van der Waals surface area contributed by atoms with Crippen molar-refractivity contribution >= 4 is 50.2 Å². The molecule has 4 aromatic rings. The number of carbonyl (C=O) groups is 3. The van der Waals surface area contributed by atoms with Crippen LogP contribution in [0.4, 0.5) is 5.82 Å². The van der Waals surface area contributed by atoms with Crippen LogP contribution in [0.1, 0.15) is 68.3 Å². The van der Waals surface area contributed by atoms with Crippen LogP contribution in [0, 0.1) is 12.3 Å². The summed E-state index contributed by atoms with van der Waals surface area (Å²) < 4.78 is 2.20. The van der Waals surface area contributed by atoms with Crippen LogP contribution in [0.15, 0.2) is 47.3 Å². The van der Waals surface area contributed by atoms with Crippen LogP contribution >= 0.6 is 15.9 Å². The van der Waals surface area contributed by atoms with Crippen LogP contribution in [0.3, 0.4) is 0 Å². The monoisotopic (exact) mass is 629 g/mol. The highest BCUT2D eigenvalue weighted by molar-refractivity contribution is 9.10. The maximum Gasteiger partial charge on any atom is 0.248 e. The second kappa shape index (κ2) is 10.4. The van der Waals surface area contributed by atoms with Crippen molar-refractivity contribution in [2.45, 2.75) is 72.0 Å². The molecule has 2 aliphatic rings. The number of fused-ring (bicyclic) bond motifs is 2. The normalized spacial score (nSPS) is 21.1. The molecule has 11 heteroatoms. The first-order chi connectivity index (χ1) is 19.9. The quantitative estimate of drug-likeness (QED) is 0.217. The van der Waals surface area contributed by atoms with Gasteiger partial charge in [0, 0.05) is 36.3 Å². The molecule has 3 aromatic heterocycles. The number of hydrogen-bond acceptors (Lipinski definition) is 7. The summed E-state index contributed by atoms with van der Waals surface area (Å²) in [6.07, 6.45) is 4.92. The standard InChI is InChI=1S/C31H32BrN7O3/c1-16(2)21-7-9-26(32)35-29(21)36-30(42)24-11-31(5)12-25(31)39(24)27(41)15-38-23-8-6-19(20-13-33-18(4)34-14-20)10-22(23)28(37-38)17(3)40/h6-10,13-14,16,24-25H,11-12,15H2,1-5H3,(H,35,36,42)/t24-,25+,31-/m0/s1. The summed E-state index contributed by atoms with van der Waals surface area (Å²) in [4.78, 5) is 54.9. The number of halogens is 1. The predicted molar refractivity (Wildman–Crippen MR) is 162 cm³/mol. The van der Waals surface area contributed by atoms with Gasteiger partial charge in [-0.05, 0) is 76.4 Å². The Morgan fingerprint density at radius 3 is 2.52 bits per heavy atom. The van der Waals surface area contributed by atoms with E-state index >= 15 is 0 Å². The molecule has 42 heavy (non-hydrogen) atoms. The third kappa shape index (κ3) is 4.99. The molecule has 1 aliphatic carbocycles. The van der Waals surface area contributed by atoms with E-state index in [1.807, 2.05) is 51.1 Å². The fourth-order valence-corrected chi connectivity index (χ4v) is 6.37. The summed E-state index contributed by atoms with van der Waals surface area (Å²) in [5.74, 6) is 0.688. The van der Waals surface area contributed by atoms with Gasteiger partial charge in [-0.25, -0.2) is 15.0 Å². The molecule has 4 heterocycles. The van der Waals surface area contributed by atoms with E-state index in [2.05, 4.69) is 48.2 Å². The minimum absolute atomic E-state index is 0.0111. The van der Waals surface area contributed by atoms with Crippen molar-refractivity contribution in [2.75, 3.05) is 5.32 Å². The van der Waals surface area contributed by atoms with Crippen molar-refractivity contribution < 1.29 is 14.4 Å². The van der Waals surface area contributed by atoms with Gasteiger partial charge in [-0.1, -0.05) is 32.9 Å². The summed E-state index contributed by atoms with van der Waals surface area (Å²) in [6, 6.07) is 8.82. The van der Waals surface area contributed by atoms with Crippen LogP contribution in [-0.2, 0) is 16.1 Å². The van der Waals surface area contributed by atoms with Crippen LogP contribution in [0.2, 0.25) is 0 Å². The van der Waals surface area contributed by atoms with Crippen molar-refractivity contribution in [1.29, 1.82) is 0 Å². The van der Waals surface area contributed by atoms with Gasteiger partial charge in [-0.2, -0.15) is 5.10 Å². The van der Waals surface area contributed by atoms with Gasteiger partial charge in [0.15, 0.2) is 5.78 Å². The minimum atomic E-state index is -0.621. The second-order valence-corrected chi connectivity index (χ2v) is 12.7. The zero-order valence-electron chi connectivity index (χ0n) is 24.2. The molecule has 3 atom stereocenters. The first-order valence-corrected chi connectivity index (χ1v) is 14.8. The number of Topliss-reactive ketones (excluding diaryl/α,β-unsaturated/α-hetero) is 1. The number of carbonyl (C=O) groups excluding carboxylic acids is 3. The Morgan fingerprint density at radius 2 is 1.83 bits per heavy atom. The van der Waals surface area contributed by atoms with Crippen LogP contribution in [0.5, 0.6) is 0 Å². The third-order valence-electron chi connectivity index (χ3n) is 8.47. The van der Waals surface area contributed by atoms with Gasteiger partial charge in [0.05, 0.1) is 5.52 Å². The lowest BCUT2D eigenvalue weighted by molar-refractivity contribution is -0.138. The predicted octanol–water partition coefficient (Wildman–Crippen LogP) is 5.30. The maximum atomic E-state index is 13.9. The second-order valence-electron chi connectivity index (χ2n) is 11.9. The van der Waals surface area contributed by atoms with Gasteiger partial charge in [-0.3, -0.25) is 19.1 Å². The Bertz CT molecular complexity index is 1750. The summed E-state index contributed by atoms with van der Waals surface area (Å²) in [7, 11) is 0. The van der Waals surface area contributed by atoms with Crippen molar-refractivity contribution in [3.8, 4) is 11.1 Å². The van der Waals surface area contributed by atoms with Gasteiger partial charge < -0.3 is 10.2 Å². The molecule has 1 aromatic carbocycles. The number of nitrogens with one attached hydrogen (secondary N) is 1. The van der Waals surface area contributed by atoms with Crippen molar-refractivity contribution in [1.82, 2.24) is 29.6 Å². The van der Waals surface area contributed by atoms with E-state index in [1.54, 1.807) is 22.0 Å². The highest BCUT2D eigenvalue weighted by Crippen LogP contribution is 2.59. The Kier molecular flexibility index (Phi) is 6.95. The van der Waals surface area contributed by atoms with E-state index in [1.165, 1.54) is 6.92 Å². The first kappa shape index (κ1) is 28.1. The summed E-state index contributed by atoms with van der Waals surface area (Å²) >= 11 is 3.40. The largest absolute Gasteiger partial charge is 0.325 e.